The minimum absolute atomic E-state index is 1.22. The van der Waals surface area contributed by atoms with Gasteiger partial charge in [-0.3, -0.25) is 0 Å². The second-order valence-electron chi connectivity index (χ2n) is 5.49. The van der Waals surface area contributed by atoms with Gasteiger partial charge < -0.3 is 4.57 Å². The lowest BCUT2D eigenvalue weighted by Crippen LogP contribution is -2.05. The summed E-state index contributed by atoms with van der Waals surface area (Å²) in [5, 5.41) is 0. The Kier molecular flexibility index (Phi) is 7.88. The van der Waals surface area contributed by atoms with Crippen molar-refractivity contribution in [2.45, 2.75) is 85.1 Å². The van der Waals surface area contributed by atoms with Gasteiger partial charge in [-0.25, -0.2) is 0 Å². The van der Waals surface area contributed by atoms with Gasteiger partial charge in [-0.05, 0) is 38.3 Å². The molecule has 104 valence electrons. The van der Waals surface area contributed by atoms with Crippen LogP contribution >= 0.6 is 0 Å². The number of hydrogen-bond acceptors (Lipinski definition) is 0. The number of hydrogen-bond donors (Lipinski definition) is 0. The SMILES string of the molecule is CCCCCCc1ccc(C)n1CCCCCC. The molecule has 0 amide bonds. The molecule has 1 heteroatoms. The molecule has 0 bridgehead atoms. The van der Waals surface area contributed by atoms with Crippen molar-refractivity contribution >= 4 is 0 Å². The zero-order chi connectivity index (χ0) is 13.2. The van der Waals surface area contributed by atoms with Crippen LogP contribution in [0.3, 0.4) is 0 Å². The van der Waals surface area contributed by atoms with Crippen molar-refractivity contribution < 1.29 is 0 Å². The van der Waals surface area contributed by atoms with Crippen LogP contribution in [0.15, 0.2) is 12.1 Å². The molecule has 1 rings (SSSR count). The van der Waals surface area contributed by atoms with E-state index in [2.05, 4.69) is 37.5 Å². The Morgan fingerprint density at radius 1 is 0.833 bits per heavy atom. The fourth-order valence-electron chi connectivity index (χ4n) is 2.59. The summed E-state index contributed by atoms with van der Waals surface area (Å²) in [5.74, 6) is 0. The zero-order valence-electron chi connectivity index (χ0n) is 12.7. The highest BCUT2D eigenvalue weighted by Gasteiger charge is 2.04. The minimum Gasteiger partial charge on any atom is -0.349 e. The third kappa shape index (κ3) is 5.29. The Morgan fingerprint density at radius 3 is 2.17 bits per heavy atom. The van der Waals surface area contributed by atoms with E-state index in [1.165, 1.54) is 70.0 Å². The highest BCUT2D eigenvalue weighted by Crippen LogP contribution is 2.14. The molecular weight excluding hydrogens is 218 g/mol. The molecule has 0 saturated heterocycles. The molecule has 0 aliphatic heterocycles. The lowest BCUT2D eigenvalue weighted by molar-refractivity contribution is 0.552. The average molecular weight is 249 g/mol. The highest BCUT2D eigenvalue weighted by atomic mass is 15.0. The Bertz CT molecular complexity index is 311. The molecule has 0 unspecified atom stereocenters. The summed E-state index contributed by atoms with van der Waals surface area (Å²) in [6.45, 7) is 8.03. The predicted molar refractivity (Wildman–Crippen MR) is 81.2 cm³/mol. The van der Waals surface area contributed by atoms with Crippen LogP contribution in [-0.4, -0.2) is 4.57 Å². The first-order chi connectivity index (χ1) is 8.79. The summed E-state index contributed by atoms with van der Waals surface area (Å²) in [6, 6.07) is 4.62. The lowest BCUT2D eigenvalue weighted by atomic mass is 10.1. The van der Waals surface area contributed by atoms with Crippen molar-refractivity contribution in [3.8, 4) is 0 Å². The average Bonchev–Trinajstić information content (AvgIpc) is 2.72. The van der Waals surface area contributed by atoms with Crippen LogP contribution < -0.4 is 0 Å². The molecular formula is C17H31N. The van der Waals surface area contributed by atoms with Crippen LogP contribution in [0.25, 0.3) is 0 Å². The van der Waals surface area contributed by atoms with Gasteiger partial charge >= 0.3 is 0 Å². The second kappa shape index (κ2) is 9.24. The molecule has 1 nitrogen and oxygen atoms in total. The van der Waals surface area contributed by atoms with E-state index in [1.54, 1.807) is 5.69 Å². The Morgan fingerprint density at radius 2 is 1.50 bits per heavy atom. The normalized spacial score (nSPS) is 11.1. The molecule has 0 aliphatic carbocycles. The van der Waals surface area contributed by atoms with Crippen molar-refractivity contribution in [1.29, 1.82) is 0 Å². The Labute approximate surface area is 114 Å². The van der Waals surface area contributed by atoms with Crippen LogP contribution in [0.5, 0.6) is 0 Å². The zero-order valence-corrected chi connectivity index (χ0v) is 12.7. The smallest absolute Gasteiger partial charge is 0.0224 e. The molecule has 0 atom stereocenters. The summed E-state index contributed by atoms with van der Waals surface area (Å²) in [7, 11) is 0. The summed E-state index contributed by atoms with van der Waals surface area (Å²) in [6.07, 6.45) is 12.1. The molecule has 0 saturated carbocycles. The maximum atomic E-state index is 2.54. The first kappa shape index (κ1) is 15.3. The molecule has 1 aromatic rings. The van der Waals surface area contributed by atoms with Crippen molar-refractivity contribution in [2.24, 2.45) is 0 Å². The van der Waals surface area contributed by atoms with E-state index < -0.39 is 0 Å². The number of aromatic nitrogens is 1. The van der Waals surface area contributed by atoms with Crippen LogP contribution in [0.4, 0.5) is 0 Å². The second-order valence-corrected chi connectivity index (χ2v) is 5.49. The third-order valence-corrected chi connectivity index (χ3v) is 3.81. The number of rotatable bonds is 10. The van der Waals surface area contributed by atoms with E-state index in [1.807, 2.05) is 0 Å². The summed E-state index contributed by atoms with van der Waals surface area (Å²) >= 11 is 0. The van der Waals surface area contributed by atoms with E-state index >= 15 is 0 Å². The molecule has 0 spiro atoms. The highest BCUT2D eigenvalue weighted by molar-refractivity contribution is 5.15. The molecule has 18 heavy (non-hydrogen) atoms. The van der Waals surface area contributed by atoms with Crippen molar-refractivity contribution in [3.05, 3.63) is 23.5 Å². The van der Waals surface area contributed by atoms with Crippen LogP contribution in [0.1, 0.15) is 76.6 Å². The molecule has 0 aromatic carbocycles. The summed E-state index contributed by atoms with van der Waals surface area (Å²) in [5.41, 5.74) is 3.00. The van der Waals surface area contributed by atoms with Gasteiger partial charge in [0.05, 0.1) is 0 Å². The standard InChI is InChI=1S/C17H31N/c1-4-6-8-10-12-17-14-13-16(3)18(17)15-11-9-7-5-2/h13-14H,4-12,15H2,1-3H3. The van der Waals surface area contributed by atoms with Gasteiger partial charge in [0.2, 0.25) is 0 Å². The Hall–Kier alpha value is -0.720. The van der Waals surface area contributed by atoms with E-state index in [0.29, 0.717) is 0 Å². The van der Waals surface area contributed by atoms with Crippen molar-refractivity contribution in [2.75, 3.05) is 0 Å². The van der Waals surface area contributed by atoms with Gasteiger partial charge in [0.25, 0.3) is 0 Å². The van der Waals surface area contributed by atoms with E-state index in [4.69, 9.17) is 0 Å². The monoisotopic (exact) mass is 249 g/mol. The topological polar surface area (TPSA) is 4.93 Å². The van der Waals surface area contributed by atoms with Gasteiger partial charge in [0, 0.05) is 17.9 Å². The molecule has 0 N–H and O–H groups in total. The Balaban J connectivity index is 2.37. The first-order valence-electron chi connectivity index (χ1n) is 7.94. The van der Waals surface area contributed by atoms with E-state index in [9.17, 15) is 0 Å². The molecule has 0 radical (unpaired) electrons. The molecule has 1 heterocycles. The maximum absolute atomic E-state index is 2.54. The lowest BCUT2D eigenvalue weighted by Gasteiger charge is -2.11. The van der Waals surface area contributed by atoms with Gasteiger partial charge in [0.1, 0.15) is 0 Å². The molecule has 1 aromatic heterocycles. The van der Waals surface area contributed by atoms with Gasteiger partial charge in [-0.2, -0.15) is 0 Å². The van der Waals surface area contributed by atoms with E-state index in [0.717, 1.165) is 0 Å². The minimum atomic E-state index is 1.22. The van der Waals surface area contributed by atoms with Crippen LogP contribution in [-0.2, 0) is 13.0 Å². The number of aryl methyl sites for hydroxylation is 2. The molecule has 0 fully saturated rings. The summed E-state index contributed by atoms with van der Waals surface area (Å²) in [4.78, 5) is 0. The van der Waals surface area contributed by atoms with Crippen molar-refractivity contribution in [3.63, 3.8) is 0 Å². The van der Waals surface area contributed by atoms with E-state index in [-0.39, 0.29) is 0 Å². The molecule has 0 aliphatic rings. The summed E-state index contributed by atoms with van der Waals surface area (Å²) < 4.78 is 2.54. The fraction of sp³-hybridized carbons (Fsp3) is 0.765. The van der Waals surface area contributed by atoms with Gasteiger partial charge in [-0.1, -0.05) is 52.4 Å². The first-order valence-corrected chi connectivity index (χ1v) is 7.94. The van der Waals surface area contributed by atoms with Crippen LogP contribution in [0, 0.1) is 6.92 Å². The van der Waals surface area contributed by atoms with Crippen molar-refractivity contribution in [1.82, 2.24) is 4.57 Å². The largest absolute Gasteiger partial charge is 0.349 e. The fourth-order valence-corrected chi connectivity index (χ4v) is 2.59. The number of nitrogens with zero attached hydrogens (tertiary/aromatic N) is 1. The maximum Gasteiger partial charge on any atom is 0.0224 e. The van der Waals surface area contributed by atoms with Crippen LogP contribution in [0.2, 0.25) is 0 Å². The predicted octanol–water partition coefficient (Wildman–Crippen LogP) is 5.50. The quantitative estimate of drug-likeness (QED) is 0.482. The van der Waals surface area contributed by atoms with Gasteiger partial charge in [-0.15, -0.1) is 0 Å². The third-order valence-electron chi connectivity index (χ3n) is 3.81. The number of unbranched alkanes of at least 4 members (excludes halogenated alkanes) is 6. The van der Waals surface area contributed by atoms with Gasteiger partial charge in [0.15, 0.2) is 0 Å².